The molecule has 1 heterocycles. The van der Waals surface area contributed by atoms with Crippen LogP contribution in [0, 0.1) is 0 Å². The minimum Gasteiger partial charge on any atom is -0.399 e. The monoisotopic (exact) mass is 317 g/mol. The summed E-state index contributed by atoms with van der Waals surface area (Å²) in [5, 5.41) is 0. The van der Waals surface area contributed by atoms with E-state index in [9.17, 15) is 0 Å². The summed E-state index contributed by atoms with van der Waals surface area (Å²) in [5.41, 5.74) is 7.65. The fourth-order valence-corrected chi connectivity index (χ4v) is 4.14. The highest BCUT2D eigenvalue weighted by molar-refractivity contribution is 7.80. The largest absolute Gasteiger partial charge is 0.399 e. The third-order valence-electron chi connectivity index (χ3n) is 5.31. The highest BCUT2D eigenvalue weighted by Gasteiger charge is 2.31. The Kier molecular flexibility index (Phi) is 4.99. The van der Waals surface area contributed by atoms with Crippen LogP contribution in [0.15, 0.2) is 24.3 Å². The summed E-state index contributed by atoms with van der Waals surface area (Å²) in [5.74, 6) is 0. The average Bonchev–Trinajstić information content (AvgIpc) is 3.05. The Morgan fingerprint density at radius 3 is 2.50 bits per heavy atom. The van der Waals surface area contributed by atoms with Gasteiger partial charge in [-0.1, -0.05) is 31.5 Å². The van der Waals surface area contributed by atoms with Crippen molar-refractivity contribution in [1.82, 2.24) is 9.80 Å². The highest BCUT2D eigenvalue weighted by atomic mass is 32.1. The van der Waals surface area contributed by atoms with E-state index in [-0.39, 0.29) is 0 Å². The standard InChI is InChI=1S/C18H27N3S/c1-20(18(22)14-7-9-15(19)10-8-14)17-11-12-21(13-17)16-5-3-2-4-6-16/h7-10,16-17H,2-6,11-13,19H2,1H3. The molecule has 3 nitrogen and oxygen atoms in total. The third-order valence-corrected chi connectivity index (χ3v) is 5.84. The Morgan fingerprint density at radius 2 is 1.82 bits per heavy atom. The van der Waals surface area contributed by atoms with E-state index >= 15 is 0 Å². The summed E-state index contributed by atoms with van der Waals surface area (Å²) in [6.07, 6.45) is 8.24. The smallest absolute Gasteiger partial charge is 0.109 e. The van der Waals surface area contributed by atoms with Crippen molar-refractivity contribution in [2.24, 2.45) is 0 Å². The van der Waals surface area contributed by atoms with Gasteiger partial charge in [0.1, 0.15) is 4.99 Å². The van der Waals surface area contributed by atoms with E-state index in [1.807, 2.05) is 24.3 Å². The number of hydrogen-bond acceptors (Lipinski definition) is 3. The molecule has 4 heteroatoms. The molecule has 1 aliphatic heterocycles. The fourth-order valence-electron chi connectivity index (χ4n) is 3.86. The lowest BCUT2D eigenvalue weighted by molar-refractivity contribution is 0.181. The van der Waals surface area contributed by atoms with Crippen molar-refractivity contribution in [3.05, 3.63) is 29.8 Å². The van der Waals surface area contributed by atoms with Gasteiger partial charge < -0.3 is 10.6 Å². The molecule has 1 saturated carbocycles. The Labute approximate surface area is 139 Å². The lowest BCUT2D eigenvalue weighted by Crippen LogP contribution is -2.41. The maximum absolute atomic E-state index is 5.76. The van der Waals surface area contributed by atoms with Crippen LogP contribution >= 0.6 is 12.2 Å². The molecule has 2 fully saturated rings. The van der Waals surface area contributed by atoms with Gasteiger partial charge in [-0.15, -0.1) is 0 Å². The number of nitrogen functional groups attached to an aromatic ring is 1. The average molecular weight is 318 g/mol. The number of likely N-dealkylation sites (tertiary alicyclic amines) is 1. The number of nitrogens with zero attached hydrogens (tertiary/aromatic N) is 2. The zero-order valence-electron chi connectivity index (χ0n) is 13.5. The Morgan fingerprint density at radius 1 is 1.14 bits per heavy atom. The van der Waals surface area contributed by atoms with Gasteiger partial charge in [-0.2, -0.15) is 0 Å². The molecule has 0 spiro atoms. The predicted octanol–water partition coefficient (Wildman–Crippen LogP) is 3.28. The number of rotatable bonds is 3. The van der Waals surface area contributed by atoms with Crippen molar-refractivity contribution in [3.8, 4) is 0 Å². The molecule has 0 bridgehead atoms. The van der Waals surface area contributed by atoms with Crippen LogP contribution < -0.4 is 5.73 Å². The van der Waals surface area contributed by atoms with Gasteiger partial charge in [-0.25, -0.2) is 0 Å². The summed E-state index contributed by atoms with van der Waals surface area (Å²) >= 11 is 5.68. The second-order valence-corrected chi connectivity index (χ2v) is 7.15. The second kappa shape index (κ2) is 6.97. The third kappa shape index (κ3) is 3.44. The second-order valence-electron chi connectivity index (χ2n) is 6.77. The van der Waals surface area contributed by atoms with Gasteiger partial charge in [0, 0.05) is 43.5 Å². The fraction of sp³-hybridized carbons (Fsp3) is 0.611. The minimum absolute atomic E-state index is 0.548. The summed E-state index contributed by atoms with van der Waals surface area (Å²) in [4.78, 5) is 5.94. The number of nitrogens with two attached hydrogens (primary N) is 1. The highest BCUT2D eigenvalue weighted by Crippen LogP contribution is 2.27. The molecule has 2 N–H and O–H groups in total. The van der Waals surface area contributed by atoms with Crippen LogP contribution in [-0.2, 0) is 0 Å². The van der Waals surface area contributed by atoms with Gasteiger partial charge in [-0.3, -0.25) is 4.90 Å². The first-order valence-corrected chi connectivity index (χ1v) is 8.93. The molecule has 1 atom stereocenters. The van der Waals surface area contributed by atoms with E-state index in [1.165, 1.54) is 45.1 Å². The molecule has 1 aromatic rings. The molecule has 1 unspecified atom stereocenters. The summed E-state index contributed by atoms with van der Waals surface area (Å²) in [6.45, 7) is 2.39. The van der Waals surface area contributed by atoms with Crippen molar-refractivity contribution in [2.45, 2.75) is 50.6 Å². The van der Waals surface area contributed by atoms with Gasteiger partial charge in [0.25, 0.3) is 0 Å². The molecule has 22 heavy (non-hydrogen) atoms. The first-order chi connectivity index (χ1) is 10.6. The molecule has 1 saturated heterocycles. The number of thiocarbonyl (C=S) groups is 1. The Balaban J connectivity index is 1.59. The maximum atomic E-state index is 5.76. The number of likely N-dealkylation sites (N-methyl/N-ethyl adjacent to an activating group) is 1. The first kappa shape index (κ1) is 15.8. The van der Waals surface area contributed by atoms with Crippen LogP contribution in [-0.4, -0.2) is 47.0 Å². The summed E-state index contributed by atoms with van der Waals surface area (Å²) in [6, 6.07) is 9.28. The van der Waals surface area contributed by atoms with E-state index in [0.717, 1.165) is 28.8 Å². The SMILES string of the molecule is CN(C(=S)c1ccc(N)cc1)C1CCN(C2CCCCC2)C1. The van der Waals surface area contributed by atoms with Crippen molar-refractivity contribution >= 4 is 22.9 Å². The van der Waals surface area contributed by atoms with Crippen LogP contribution in [0.2, 0.25) is 0 Å². The van der Waals surface area contributed by atoms with Gasteiger partial charge in [-0.05, 0) is 43.5 Å². The normalized spacial score (nSPS) is 23.6. The molecule has 0 aromatic heterocycles. The number of anilines is 1. The van der Waals surface area contributed by atoms with Gasteiger partial charge >= 0.3 is 0 Å². The molecule has 1 aromatic carbocycles. The van der Waals surface area contributed by atoms with Crippen LogP contribution in [0.25, 0.3) is 0 Å². The van der Waals surface area contributed by atoms with E-state index in [2.05, 4.69) is 16.8 Å². The van der Waals surface area contributed by atoms with E-state index < -0.39 is 0 Å². The van der Waals surface area contributed by atoms with Gasteiger partial charge in [0.05, 0.1) is 0 Å². The van der Waals surface area contributed by atoms with Gasteiger partial charge in [0.15, 0.2) is 0 Å². The number of hydrogen-bond donors (Lipinski definition) is 1. The van der Waals surface area contributed by atoms with Crippen LogP contribution in [0.4, 0.5) is 5.69 Å². The van der Waals surface area contributed by atoms with Crippen molar-refractivity contribution in [1.29, 1.82) is 0 Å². The number of benzene rings is 1. The molecular weight excluding hydrogens is 290 g/mol. The minimum atomic E-state index is 0.548. The lowest BCUT2D eigenvalue weighted by Gasteiger charge is -2.32. The predicted molar refractivity (Wildman–Crippen MR) is 97.2 cm³/mol. The molecule has 2 aliphatic rings. The molecule has 120 valence electrons. The molecule has 3 rings (SSSR count). The van der Waals surface area contributed by atoms with Crippen molar-refractivity contribution in [2.75, 3.05) is 25.9 Å². The quantitative estimate of drug-likeness (QED) is 0.685. The Bertz CT molecular complexity index is 508. The van der Waals surface area contributed by atoms with Crippen molar-refractivity contribution < 1.29 is 0 Å². The maximum Gasteiger partial charge on any atom is 0.109 e. The zero-order valence-corrected chi connectivity index (χ0v) is 14.3. The van der Waals surface area contributed by atoms with Crippen LogP contribution in [0.1, 0.15) is 44.1 Å². The van der Waals surface area contributed by atoms with Crippen molar-refractivity contribution in [3.63, 3.8) is 0 Å². The summed E-state index contributed by atoms with van der Waals surface area (Å²) < 4.78 is 0. The molecular formula is C18H27N3S. The van der Waals surface area contributed by atoms with Crippen LogP contribution in [0.3, 0.4) is 0 Å². The first-order valence-electron chi connectivity index (χ1n) is 8.52. The molecule has 0 amide bonds. The molecule has 0 radical (unpaired) electrons. The zero-order chi connectivity index (χ0) is 15.5. The Hall–Kier alpha value is -1.13. The lowest BCUT2D eigenvalue weighted by atomic mass is 9.94. The van der Waals surface area contributed by atoms with E-state index in [1.54, 1.807) is 0 Å². The summed E-state index contributed by atoms with van der Waals surface area (Å²) in [7, 11) is 2.15. The topological polar surface area (TPSA) is 32.5 Å². The molecule has 1 aliphatic carbocycles. The van der Waals surface area contributed by atoms with E-state index in [0.29, 0.717) is 6.04 Å². The van der Waals surface area contributed by atoms with Gasteiger partial charge in [0.2, 0.25) is 0 Å². The van der Waals surface area contributed by atoms with Crippen LogP contribution in [0.5, 0.6) is 0 Å². The van der Waals surface area contributed by atoms with E-state index in [4.69, 9.17) is 18.0 Å².